The number of aromatic nitrogens is 3. The quantitative estimate of drug-likeness (QED) is 0.324. The molecule has 0 bridgehead atoms. The Hall–Kier alpha value is -1.18. The molecule has 0 saturated heterocycles. The Morgan fingerprint density at radius 1 is 1.30 bits per heavy atom. The van der Waals surface area contributed by atoms with Gasteiger partial charge in [0.05, 0.1) is 0 Å². The average Bonchev–Trinajstić information content (AvgIpc) is 3.32. The standard InChI is InChI=1S/C11H14BN2.C5H9N3S.CH3NO.Sb/c13-11-7-2-1-3-9(7)14-10-6-12-5-4-8(10)11;1-2-8-4-3-5(7-8)9-6;2-1-3;/h1-6H2,(H2,13,14);3-4H,2,6H2,1H3;1H,(H2,2,3);. The van der Waals surface area contributed by atoms with Gasteiger partial charge < -0.3 is 11.5 Å². The Bertz CT molecular complexity index is 724. The number of hydrogen-bond donors (Lipinski definition) is 3. The number of hydrogen-bond acceptors (Lipinski definition) is 6. The first kappa shape index (κ1) is 23.9. The molecule has 1 aliphatic heterocycles. The zero-order chi connectivity index (χ0) is 18.9. The van der Waals surface area contributed by atoms with Crippen molar-refractivity contribution in [2.75, 3.05) is 5.73 Å². The van der Waals surface area contributed by atoms with Crippen molar-refractivity contribution in [2.24, 2.45) is 10.9 Å². The van der Waals surface area contributed by atoms with Crippen molar-refractivity contribution in [1.82, 2.24) is 14.8 Å². The van der Waals surface area contributed by atoms with Gasteiger partial charge in [-0.15, -0.1) is 0 Å². The van der Waals surface area contributed by atoms with E-state index >= 15 is 0 Å². The van der Waals surface area contributed by atoms with Gasteiger partial charge in [-0.1, -0.05) is 6.32 Å². The van der Waals surface area contributed by atoms with Gasteiger partial charge >= 0.3 is 0 Å². The summed E-state index contributed by atoms with van der Waals surface area (Å²) in [6.07, 6.45) is 8.96. The van der Waals surface area contributed by atoms with E-state index in [1.807, 2.05) is 23.9 Å². The maximum atomic E-state index is 8.58. The zero-order valence-electron chi connectivity index (χ0n) is 15.6. The molecule has 1 aliphatic carbocycles. The van der Waals surface area contributed by atoms with E-state index in [1.165, 1.54) is 40.9 Å². The van der Waals surface area contributed by atoms with Gasteiger partial charge in [0.2, 0.25) is 6.41 Å². The third-order valence-corrected chi connectivity index (χ3v) is 4.91. The molecule has 0 aromatic carbocycles. The Kier molecular flexibility index (Phi) is 10.9. The molecule has 4 radical (unpaired) electrons. The van der Waals surface area contributed by atoms with Gasteiger partial charge in [0.1, 0.15) is 12.3 Å². The van der Waals surface area contributed by atoms with Gasteiger partial charge in [0, 0.05) is 54.2 Å². The Labute approximate surface area is 183 Å². The molecule has 4 rings (SSSR count). The molecular formula is C17H26BN6OSSb. The molecular weight excluding hydrogens is 469 g/mol. The normalized spacial score (nSPS) is 13.4. The predicted octanol–water partition coefficient (Wildman–Crippen LogP) is 0.921. The van der Waals surface area contributed by atoms with E-state index < -0.39 is 0 Å². The zero-order valence-corrected chi connectivity index (χ0v) is 19.0. The van der Waals surface area contributed by atoms with Crippen molar-refractivity contribution in [3.8, 4) is 0 Å². The Balaban J connectivity index is 0.000000245. The number of nitrogens with zero attached hydrogens (tertiary/aromatic N) is 3. The van der Waals surface area contributed by atoms with Crippen molar-refractivity contribution >= 4 is 55.8 Å². The van der Waals surface area contributed by atoms with Gasteiger partial charge in [0.15, 0.2) is 0 Å². The van der Waals surface area contributed by atoms with E-state index in [4.69, 9.17) is 20.7 Å². The molecule has 1 amide bonds. The first-order valence-corrected chi connectivity index (χ1v) is 9.68. The minimum Gasteiger partial charge on any atom is -0.398 e. The first-order valence-electron chi connectivity index (χ1n) is 8.80. The van der Waals surface area contributed by atoms with E-state index in [9.17, 15) is 0 Å². The fourth-order valence-corrected chi connectivity index (χ4v) is 3.52. The molecule has 2 aliphatic rings. The second-order valence-corrected chi connectivity index (χ2v) is 6.68. The second-order valence-electron chi connectivity index (χ2n) is 6.02. The van der Waals surface area contributed by atoms with Gasteiger partial charge in [0.25, 0.3) is 0 Å². The van der Waals surface area contributed by atoms with E-state index in [1.54, 1.807) is 0 Å². The number of rotatable bonds is 2. The van der Waals surface area contributed by atoms with Crippen LogP contribution in [0.2, 0.25) is 6.32 Å². The molecule has 2 aromatic rings. The van der Waals surface area contributed by atoms with E-state index in [0.29, 0.717) is 0 Å². The summed E-state index contributed by atoms with van der Waals surface area (Å²) in [6, 6.07) is 1.90. The fraction of sp³-hybridized carbons (Fsp3) is 0.471. The topological polar surface area (TPSA) is 126 Å². The van der Waals surface area contributed by atoms with Crippen LogP contribution in [0.5, 0.6) is 0 Å². The monoisotopic (exact) mass is 494 g/mol. The average molecular weight is 495 g/mol. The number of primary amides is 1. The number of anilines is 1. The van der Waals surface area contributed by atoms with Crippen molar-refractivity contribution < 1.29 is 4.79 Å². The van der Waals surface area contributed by atoms with Crippen molar-refractivity contribution in [3.05, 3.63) is 34.8 Å². The summed E-state index contributed by atoms with van der Waals surface area (Å²) in [5, 5.41) is 10.2. The number of pyridine rings is 1. The van der Waals surface area contributed by atoms with Crippen LogP contribution < -0.4 is 16.6 Å². The first-order chi connectivity index (χ1) is 12.6. The molecule has 7 nitrogen and oxygen atoms in total. The van der Waals surface area contributed by atoms with E-state index in [0.717, 1.165) is 49.2 Å². The molecule has 0 unspecified atom stereocenters. The molecule has 144 valence electrons. The number of nitrogen functional groups attached to an aromatic ring is 1. The van der Waals surface area contributed by atoms with Crippen LogP contribution in [0.15, 0.2) is 17.3 Å². The minimum absolute atomic E-state index is 0. The van der Waals surface area contributed by atoms with Crippen molar-refractivity contribution in [1.29, 1.82) is 0 Å². The number of carbonyl (C=O) groups is 1. The molecule has 10 heteroatoms. The number of amides is 1. The van der Waals surface area contributed by atoms with Gasteiger partial charge in [-0.3, -0.25) is 19.6 Å². The Morgan fingerprint density at radius 3 is 2.59 bits per heavy atom. The molecule has 6 N–H and O–H groups in total. The Morgan fingerprint density at radius 2 is 2.00 bits per heavy atom. The van der Waals surface area contributed by atoms with Gasteiger partial charge in [-0.2, -0.15) is 5.10 Å². The SMILES string of the molecule is CCn1ccc(SN)n1.NC=O.Nc1c2c(nc3c1CCC3)C[B]CC2.[Sb]. The third-order valence-electron chi connectivity index (χ3n) is 4.45. The smallest absolute Gasteiger partial charge is 0.204 e. The van der Waals surface area contributed by atoms with Gasteiger partial charge in [-0.05, 0) is 68.1 Å². The van der Waals surface area contributed by atoms with Crippen LogP contribution in [0.4, 0.5) is 5.69 Å². The van der Waals surface area contributed by atoms with E-state index in [2.05, 4.69) is 18.1 Å². The summed E-state index contributed by atoms with van der Waals surface area (Å²) in [5.41, 5.74) is 16.6. The number of carbonyl (C=O) groups excluding carboxylic acids is 1. The van der Waals surface area contributed by atoms with Gasteiger partial charge in [-0.25, -0.2) is 0 Å². The molecule has 0 fully saturated rings. The maximum Gasteiger partial charge on any atom is 0.204 e. The molecule has 2 aromatic heterocycles. The van der Waals surface area contributed by atoms with Crippen LogP contribution in [0.25, 0.3) is 0 Å². The molecule has 3 heterocycles. The van der Waals surface area contributed by atoms with Crippen LogP contribution in [0.3, 0.4) is 0 Å². The molecule has 0 spiro atoms. The summed E-state index contributed by atoms with van der Waals surface area (Å²) in [5.74, 6) is 0. The van der Waals surface area contributed by atoms with Crippen LogP contribution in [0, 0.1) is 0 Å². The summed E-state index contributed by atoms with van der Waals surface area (Å²) in [4.78, 5) is 13.3. The van der Waals surface area contributed by atoms with Crippen LogP contribution in [-0.4, -0.2) is 52.9 Å². The third kappa shape index (κ3) is 6.44. The van der Waals surface area contributed by atoms with Crippen molar-refractivity contribution in [3.63, 3.8) is 0 Å². The van der Waals surface area contributed by atoms with Crippen LogP contribution >= 0.6 is 11.9 Å². The molecule has 0 atom stereocenters. The summed E-state index contributed by atoms with van der Waals surface area (Å²) in [6.45, 7) is 2.94. The summed E-state index contributed by atoms with van der Waals surface area (Å²) < 4.78 is 1.84. The van der Waals surface area contributed by atoms with Crippen LogP contribution in [-0.2, 0) is 36.9 Å². The minimum atomic E-state index is 0. The second kappa shape index (κ2) is 12.3. The number of nitrogens with two attached hydrogens (primary N) is 3. The molecule has 27 heavy (non-hydrogen) atoms. The summed E-state index contributed by atoms with van der Waals surface area (Å²) >= 11 is 1.17. The maximum absolute atomic E-state index is 8.58. The predicted molar refractivity (Wildman–Crippen MR) is 113 cm³/mol. The van der Waals surface area contributed by atoms with Crippen LogP contribution in [0.1, 0.15) is 35.9 Å². The van der Waals surface area contributed by atoms with Crippen molar-refractivity contribution in [2.45, 2.75) is 56.8 Å². The molecule has 0 saturated carbocycles. The fourth-order valence-electron chi connectivity index (χ4n) is 3.22. The number of aryl methyl sites for hydroxylation is 2. The number of fused-ring (bicyclic) bond motifs is 2. The van der Waals surface area contributed by atoms with E-state index in [-0.39, 0.29) is 30.8 Å². The largest absolute Gasteiger partial charge is 0.398 e. The summed E-state index contributed by atoms with van der Waals surface area (Å²) in [7, 11) is 2.32.